The average molecular weight is 350 g/mol. The number of rotatable bonds is 4. The first kappa shape index (κ1) is 16.0. The molecule has 0 spiro atoms. The number of aromatic amines is 1. The second kappa shape index (κ2) is 6.44. The van der Waals surface area contributed by atoms with Crippen LogP contribution in [0.5, 0.6) is 5.75 Å². The maximum absolute atomic E-state index is 14.0. The number of aromatic nitrogens is 4. The Morgan fingerprint density at radius 3 is 2.85 bits per heavy atom. The highest BCUT2D eigenvalue weighted by Crippen LogP contribution is 2.20. The summed E-state index contributed by atoms with van der Waals surface area (Å²) in [4.78, 5) is 23.7. The maximum Gasteiger partial charge on any atom is 0.277 e. The Hall–Kier alpha value is -3.48. The van der Waals surface area contributed by atoms with E-state index in [1.807, 2.05) is 24.3 Å². The number of benzene rings is 2. The molecule has 26 heavy (non-hydrogen) atoms. The van der Waals surface area contributed by atoms with Gasteiger partial charge in [0.15, 0.2) is 11.2 Å². The normalized spacial score (nSPS) is 11.0. The predicted molar refractivity (Wildman–Crippen MR) is 95.6 cm³/mol. The quantitative estimate of drug-likeness (QED) is 0.614. The molecule has 0 atom stereocenters. The molecule has 0 radical (unpaired) electrons. The largest absolute Gasteiger partial charge is 0.497 e. The van der Waals surface area contributed by atoms with Gasteiger partial charge < -0.3 is 14.3 Å². The van der Waals surface area contributed by atoms with Gasteiger partial charge in [0, 0.05) is 6.54 Å². The topological polar surface area (TPSA) is 72.8 Å². The van der Waals surface area contributed by atoms with Crippen LogP contribution < -0.4 is 10.3 Å². The molecule has 2 aromatic carbocycles. The lowest BCUT2D eigenvalue weighted by atomic mass is 10.2. The van der Waals surface area contributed by atoms with Crippen molar-refractivity contribution in [3.05, 3.63) is 76.6 Å². The van der Waals surface area contributed by atoms with Gasteiger partial charge in [-0.05, 0) is 29.8 Å². The van der Waals surface area contributed by atoms with Crippen molar-refractivity contribution in [2.45, 2.75) is 6.54 Å². The molecule has 0 bridgehead atoms. The molecule has 0 unspecified atom stereocenters. The van der Waals surface area contributed by atoms with Crippen molar-refractivity contribution in [2.24, 2.45) is 0 Å². The first-order valence-electron chi connectivity index (χ1n) is 7.98. The smallest absolute Gasteiger partial charge is 0.277 e. The summed E-state index contributed by atoms with van der Waals surface area (Å²) in [7, 11) is 1.60. The molecule has 130 valence electrons. The van der Waals surface area contributed by atoms with Crippen molar-refractivity contribution in [3.8, 4) is 17.1 Å². The van der Waals surface area contributed by atoms with Crippen molar-refractivity contribution in [1.82, 2.24) is 19.5 Å². The van der Waals surface area contributed by atoms with Crippen molar-refractivity contribution >= 4 is 11.2 Å². The zero-order chi connectivity index (χ0) is 18.1. The van der Waals surface area contributed by atoms with Crippen LogP contribution in [-0.2, 0) is 6.54 Å². The van der Waals surface area contributed by atoms with Crippen molar-refractivity contribution in [1.29, 1.82) is 0 Å². The lowest BCUT2D eigenvalue weighted by molar-refractivity contribution is 0.414. The molecule has 2 aromatic heterocycles. The van der Waals surface area contributed by atoms with Crippen molar-refractivity contribution in [2.75, 3.05) is 7.11 Å². The van der Waals surface area contributed by atoms with Gasteiger partial charge in [-0.15, -0.1) is 0 Å². The van der Waals surface area contributed by atoms with Crippen LogP contribution in [0.2, 0.25) is 0 Å². The number of halogens is 1. The van der Waals surface area contributed by atoms with Crippen LogP contribution in [0.1, 0.15) is 5.56 Å². The highest BCUT2D eigenvalue weighted by Gasteiger charge is 2.14. The highest BCUT2D eigenvalue weighted by molar-refractivity contribution is 5.72. The number of nitrogens with one attached hydrogen (secondary N) is 1. The number of methoxy groups -OCH3 is 1. The molecule has 0 saturated carbocycles. The number of nitrogens with zero attached hydrogens (tertiary/aromatic N) is 3. The Labute approximate surface area is 147 Å². The van der Waals surface area contributed by atoms with Crippen LogP contribution in [0.25, 0.3) is 22.6 Å². The summed E-state index contributed by atoms with van der Waals surface area (Å²) in [5, 5.41) is 0. The summed E-state index contributed by atoms with van der Waals surface area (Å²) < 4.78 is 20.9. The molecular weight excluding hydrogens is 335 g/mol. The number of imidazole rings is 1. The number of hydrogen-bond acceptors (Lipinski definition) is 4. The number of fused-ring (bicyclic) bond motifs is 1. The minimum atomic E-state index is -0.453. The summed E-state index contributed by atoms with van der Waals surface area (Å²) in [5.74, 6) is 0.443. The molecule has 2 heterocycles. The van der Waals surface area contributed by atoms with E-state index in [4.69, 9.17) is 4.74 Å². The Bertz CT molecular complexity index is 1150. The third-order valence-electron chi connectivity index (χ3n) is 4.10. The van der Waals surface area contributed by atoms with Crippen LogP contribution >= 0.6 is 0 Å². The summed E-state index contributed by atoms with van der Waals surface area (Å²) in [6, 6.07) is 13.7. The minimum absolute atomic E-state index is 0.159. The second-order valence-corrected chi connectivity index (χ2v) is 5.79. The fourth-order valence-corrected chi connectivity index (χ4v) is 2.85. The molecule has 0 aliphatic rings. The Morgan fingerprint density at radius 1 is 1.19 bits per heavy atom. The van der Waals surface area contributed by atoms with E-state index in [2.05, 4.69) is 15.0 Å². The van der Waals surface area contributed by atoms with Gasteiger partial charge in [0.1, 0.15) is 17.4 Å². The second-order valence-electron chi connectivity index (χ2n) is 5.79. The van der Waals surface area contributed by atoms with E-state index < -0.39 is 5.82 Å². The van der Waals surface area contributed by atoms with Crippen LogP contribution in [0.4, 0.5) is 4.39 Å². The van der Waals surface area contributed by atoms with Gasteiger partial charge in [-0.3, -0.25) is 4.79 Å². The van der Waals surface area contributed by atoms with Gasteiger partial charge >= 0.3 is 0 Å². The predicted octanol–water partition coefficient (Wildman–Crippen LogP) is 2.98. The zero-order valence-electron chi connectivity index (χ0n) is 13.9. The Kier molecular flexibility index (Phi) is 3.96. The number of H-pyrrole nitrogens is 1. The molecule has 0 aliphatic heterocycles. The molecule has 0 fully saturated rings. The lowest BCUT2D eigenvalue weighted by Crippen LogP contribution is -2.14. The monoisotopic (exact) mass is 350 g/mol. The molecule has 0 amide bonds. The van der Waals surface area contributed by atoms with E-state index in [1.165, 1.54) is 6.07 Å². The van der Waals surface area contributed by atoms with Crippen LogP contribution in [0.3, 0.4) is 0 Å². The van der Waals surface area contributed by atoms with Gasteiger partial charge in [0.2, 0.25) is 0 Å². The maximum atomic E-state index is 14.0. The van der Waals surface area contributed by atoms with E-state index in [-0.39, 0.29) is 22.6 Å². The van der Waals surface area contributed by atoms with Crippen molar-refractivity contribution < 1.29 is 9.13 Å². The van der Waals surface area contributed by atoms with Gasteiger partial charge in [-0.1, -0.05) is 24.3 Å². The number of hydrogen-bond donors (Lipinski definition) is 1. The fraction of sp³-hybridized carbons (Fsp3) is 0.105. The lowest BCUT2D eigenvalue weighted by Gasteiger charge is -2.07. The van der Waals surface area contributed by atoms with E-state index in [1.54, 1.807) is 36.2 Å². The van der Waals surface area contributed by atoms with E-state index >= 15 is 0 Å². The van der Waals surface area contributed by atoms with E-state index in [0.717, 1.165) is 11.3 Å². The minimum Gasteiger partial charge on any atom is -0.497 e. The summed E-state index contributed by atoms with van der Waals surface area (Å²) in [6.07, 6.45) is 1.55. The molecule has 0 aliphatic carbocycles. The summed E-state index contributed by atoms with van der Waals surface area (Å²) >= 11 is 0. The molecule has 7 heteroatoms. The average Bonchev–Trinajstić information content (AvgIpc) is 3.05. The van der Waals surface area contributed by atoms with Gasteiger partial charge in [-0.2, -0.15) is 0 Å². The summed E-state index contributed by atoms with van der Waals surface area (Å²) in [5.41, 5.74) is 1.44. The third-order valence-corrected chi connectivity index (χ3v) is 4.10. The van der Waals surface area contributed by atoms with Crippen LogP contribution in [0.15, 0.2) is 59.7 Å². The zero-order valence-corrected chi connectivity index (χ0v) is 13.9. The SMILES string of the molecule is COc1cccc(Cn2cnc3nc(-c4ccccc4F)[nH]c(=O)c32)c1. The van der Waals surface area contributed by atoms with Gasteiger partial charge in [0.05, 0.1) is 19.0 Å². The standard InChI is InChI=1S/C19H15FN4O2/c1-26-13-6-4-5-12(9-13)10-24-11-21-18-16(24)19(25)23-17(22-18)14-7-2-3-8-15(14)20/h2-9,11H,10H2,1H3,(H,22,23,25). The molecule has 4 rings (SSSR count). The van der Waals surface area contributed by atoms with Gasteiger partial charge in [-0.25, -0.2) is 14.4 Å². The highest BCUT2D eigenvalue weighted by atomic mass is 19.1. The Morgan fingerprint density at radius 2 is 2.04 bits per heavy atom. The van der Waals surface area contributed by atoms with Crippen LogP contribution in [0, 0.1) is 5.82 Å². The molecule has 0 saturated heterocycles. The fourth-order valence-electron chi connectivity index (χ4n) is 2.85. The van der Waals surface area contributed by atoms with E-state index in [9.17, 15) is 9.18 Å². The molecular formula is C19H15FN4O2. The molecule has 6 nitrogen and oxygen atoms in total. The molecule has 1 N–H and O–H groups in total. The van der Waals surface area contributed by atoms with Crippen LogP contribution in [-0.4, -0.2) is 26.6 Å². The summed E-state index contributed by atoms with van der Waals surface area (Å²) in [6.45, 7) is 0.442. The van der Waals surface area contributed by atoms with Gasteiger partial charge in [0.25, 0.3) is 5.56 Å². The van der Waals surface area contributed by atoms with Crippen molar-refractivity contribution in [3.63, 3.8) is 0 Å². The van der Waals surface area contributed by atoms with E-state index in [0.29, 0.717) is 12.1 Å². The first-order valence-corrected chi connectivity index (χ1v) is 7.98. The Balaban J connectivity index is 1.77. The third kappa shape index (κ3) is 2.83. The number of ether oxygens (including phenoxy) is 1. The first-order chi connectivity index (χ1) is 12.7. The molecule has 4 aromatic rings.